The van der Waals surface area contributed by atoms with E-state index in [0.717, 1.165) is 28.2 Å². The first-order valence-electron chi connectivity index (χ1n) is 10.8. The van der Waals surface area contributed by atoms with Gasteiger partial charge in [-0.1, -0.05) is 66.2 Å². The van der Waals surface area contributed by atoms with Crippen LogP contribution in [0.15, 0.2) is 90.1 Å². The third-order valence-corrected chi connectivity index (χ3v) is 6.54. The molecule has 2 aliphatic rings. The first-order chi connectivity index (χ1) is 15.5. The van der Waals surface area contributed by atoms with Crippen LogP contribution in [0, 0.1) is 0 Å². The van der Waals surface area contributed by atoms with Crippen LogP contribution in [0.5, 0.6) is 0 Å². The first-order valence-corrected chi connectivity index (χ1v) is 11.1. The zero-order valence-electron chi connectivity index (χ0n) is 17.7. The predicted octanol–water partition coefficient (Wildman–Crippen LogP) is 6.26. The normalized spacial score (nSPS) is 20.2. The van der Waals surface area contributed by atoms with Gasteiger partial charge in [0.2, 0.25) is 5.91 Å². The summed E-state index contributed by atoms with van der Waals surface area (Å²) in [7, 11) is 0. The van der Waals surface area contributed by atoms with Gasteiger partial charge in [-0.05, 0) is 47.7 Å². The van der Waals surface area contributed by atoms with Gasteiger partial charge in [-0.25, -0.2) is 0 Å². The summed E-state index contributed by atoms with van der Waals surface area (Å²) in [6, 6.07) is 24.8. The zero-order chi connectivity index (χ0) is 22.2. The van der Waals surface area contributed by atoms with E-state index in [9.17, 15) is 9.59 Å². The summed E-state index contributed by atoms with van der Waals surface area (Å²) in [6.07, 6.45) is 1.08. The minimum absolute atomic E-state index is 0.0541. The molecular weight excluding hydrogens is 420 g/mol. The third kappa shape index (κ3) is 3.61. The van der Waals surface area contributed by atoms with Crippen LogP contribution >= 0.6 is 11.6 Å². The molecule has 32 heavy (non-hydrogen) atoms. The van der Waals surface area contributed by atoms with Gasteiger partial charge >= 0.3 is 0 Å². The zero-order valence-corrected chi connectivity index (χ0v) is 18.5. The molecule has 0 saturated heterocycles. The Labute approximate surface area is 192 Å². The topological polar surface area (TPSA) is 49.4 Å². The maximum atomic E-state index is 13.7. The van der Waals surface area contributed by atoms with Gasteiger partial charge in [-0.15, -0.1) is 0 Å². The minimum atomic E-state index is -0.474. The van der Waals surface area contributed by atoms with Crippen molar-refractivity contribution >= 4 is 34.7 Å². The summed E-state index contributed by atoms with van der Waals surface area (Å²) < 4.78 is 0. The van der Waals surface area contributed by atoms with E-state index in [0.29, 0.717) is 23.4 Å². The van der Waals surface area contributed by atoms with Crippen LogP contribution in [0.25, 0.3) is 0 Å². The average Bonchev–Trinajstić information content (AvgIpc) is 2.94. The molecule has 0 aromatic heterocycles. The van der Waals surface area contributed by atoms with Crippen LogP contribution in [-0.4, -0.2) is 11.7 Å². The Morgan fingerprint density at radius 1 is 0.906 bits per heavy atom. The smallest absolute Gasteiger partial charge is 0.224 e. The molecule has 3 aromatic rings. The lowest BCUT2D eigenvalue weighted by Crippen LogP contribution is -2.37. The molecule has 1 N–H and O–H groups in total. The van der Waals surface area contributed by atoms with E-state index in [2.05, 4.69) is 5.32 Å². The van der Waals surface area contributed by atoms with Crippen LogP contribution in [0.1, 0.15) is 42.9 Å². The fourth-order valence-corrected chi connectivity index (χ4v) is 4.99. The van der Waals surface area contributed by atoms with Gasteiger partial charge in [0, 0.05) is 29.6 Å². The maximum Gasteiger partial charge on any atom is 0.224 e. The van der Waals surface area contributed by atoms with Gasteiger partial charge in [-0.3, -0.25) is 14.5 Å². The van der Waals surface area contributed by atoms with Crippen molar-refractivity contribution in [1.29, 1.82) is 0 Å². The summed E-state index contributed by atoms with van der Waals surface area (Å²) in [4.78, 5) is 28.4. The first kappa shape index (κ1) is 20.5. The number of hydrogen-bond acceptors (Lipinski definition) is 3. The number of allylic oxidation sites excluding steroid dienone is 1. The minimum Gasteiger partial charge on any atom is -0.357 e. The summed E-state index contributed by atoms with van der Waals surface area (Å²) in [5.74, 6) is 0.0135. The number of ketones is 1. The number of anilines is 2. The molecule has 5 heteroatoms. The van der Waals surface area contributed by atoms with E-state index in [1.807, 2.05) is 78.9 Å². The Hall–Kier alpha value is -3.37. The van der Waals surface area contributed by atoms with Crippen molar-refractivity contribution in [3.05, 3.63) is 106 Å². The highest BCUT2D eigenvalue weighted by molar-refractivity contribution is 6.30. The summed E-state index contributed by atoms with van der Waals surface area (Å²) >= 11 is 6.07. The predicted molar refractivity (Wildman–Crippen MR) is 128 cm³/mol. The van der Waals surface area contributed by atoms with Crippen molar-refractivity contribution in [1.82, 2.24) is 0 Å². The number of Topliss-reactive ketones (excluding diaryl/α,β-unsaturated/α-hetero) is 1. The second-order valence-corrected chi connectivity index (χ2v) is 8.75. The molecule has 4 nitrogen and oxygen atoms in total. The average molecular weight is 443 g/mol. The molecule has 1 aliphatic heterocycles. The highest BCUT2D eigenvalue weighted by Crippen LogP contribution is 2.47. The molecule has 0 saturated carbocycles. The van der Waals surface area contributed by atoms with Crippen LogP contribution in [0.4, 0.5) is 11.4 Å². The third-order valence-electron chi connectivity index (χ3n) is 6.28. The second kappa shape index (κ2) is 8.29. The fourth-order valence-electron chi connectivity index (χ4n) is 4.86. The van der Waals surface area contributed by atoms with Gasteiger partial charge in [0.15, 0.2) is 5.78 Å². The van der Waals surface area contributed by atoms with Crippen molar-refractivity contribution in [3.63, 3.8) is 0 Å². The number of carbonyl (C=O) groups is 2. The number of benzene rings is 3. The molecule has 0 bridgehead atoms. The molecule has 1 heterocycles. The lowest BCUT2D eigenvalue weighted by atomic mass is 9.78. The van der Waals surface area contributed by atoms with Crippen LogP contribution in [0.2, 0.25) is 5.02 Å². The number of carbonyl (C=O) groups excluding carboxylic acids is 2. The van der Waals surface area contributed by atoms with Crippen molar-refractivity contribution in [2.24, 2.45) is 0 Å². The lowest BCUT2D eigenvalue weighted by Gasteiger charge is -2.34. The Morgan fingerprint density at radius 2 is 1.59 bits per heavy atom. The molecule has 3 aromatic carbocycles. The number of nitrogens with one attached hydrogen (secondary N) is 1. The standard InChI is InChI=1S/C27H23ClN2O2/c1-17(31)30-24-10-6-5-9-22(24)29-23-15-20(18-11-13-21(28)14-12-18)16-25(32)26(23)27(30)19-7-3-2-4-8-19/h2-14,20,27,29H,15-16H2,1H3/t20-,27-/m0/s1. The van der Waals surface area contributed by atoms with Gasteiger partial charge in [0.1, 0.15) is 0 Å². The lowest BCUT2D eigenvalue weighted by molar-refractivity contribution is -0.117. The second-order valence-electron chi connectivity index (χ2n) is 8.32. The summed E-state index contributed by atoms with van der Waals surface area (Å²) in [5, 5.41) is 4.21. The monoisotopic (exact) mass is 442 g/mol. The van der Waals surface area contributed by atoms with Crippen molar-refractivity contribution in [2.75, 3.05) is 10.2 Å². The largest absolute Gasteiger partial charge is 0.357 e. The number of amides is 1. The number of hydrogen-bond donors (Lipinski definition) is 1. The number of halogens is 1. The van der Waals surface area contributed by atoms with E-state index in [-0.39, 0.29) is 17.6 Å². The van der Waals surface area contributed by atoms with E-state index in [4.69, 9.17) is 11.6 Å². The van der Waals surface area contributed by atoms with E-state index in [1.54, 1.807) is 11.8 Å². The molecule has 0 fully saturated rings. The molecule has 1 amide bonds. The SMILES string of the molecule is CC(=O)N1c2ccccc2NC2=C(C(=O)C[C@@H](c3ccc(Cl)cc3)C2)[C@@H]1c1ccccc1. The Kier molecular flexibility index (Phi) is 5.32. The number of rotatable bonds is 2. The van der Waals surface area contributed by atoms with Crippen LogP contribution in [-0.2, 0) is 9.59 Å². The van der Waals surface area contributed by atoms with Crippen molar-refractivity contribution in [2.45, 2.75) is 31.7 Å². The fraction of sp³-hybridized carbons (Fsp3) is 0.185. The maximum absolute atomic E-state index is 13.7. The number of nitrogens with zero attached hydrogens (tertiary/aromatic N) is 1. The molecular formula is C27H23ClN2O2. The van der Waals surface area contributed by atoms with Crippen LogP contribution in [0.3, 0.4) is 0 Å². The molecule has 2 atom stereocenters. The highest BCUT2D eigenvalue weighted by Gasteiger charge is 2.40. The molecule has 5 rings (SSSR count). The molecule has 1 aliphatic carbocycles. The molecule has 0 unspecified atom stereocenters. The highest BCUT2D eigenvalue weighted by atomic mass is 35.5. The van der Waals surface area contributed by atoms with Crippen molar-refractivity contribution < 1.29 is 9.59 Å². The van der Waals surface area contributed by atoms with Crippen LogP contribution < -0.4 is 10.2 Å². The van der Waals surface area contributed by atoms with E-state index >= 15 is 0 Å². The Balaban J connectivity index is 1.68. The Bertz CT molecular complexity index is 1220. The van der Waals surface area contributed by atoms with Gasteiger partial charge in [0.25, 0.3) is 0 Å². The quantitative estimate of drug-likeness (QED) is 0.509. The van der Waals surface area contributed by atoms with Gasteiger partial charge < -0.3 is 5.32 Å². The number of fused-ring (bicyclic) bond motifs is 1. The number of para-hydroxylation sites is 2. The van der Waals surface area contributed by atoms with Gasteiger partial charge in [0.05, 0.1) is 17.4 Å². The molecule has 160 valence electrons. The van der Waals surface area contributed by atoms with E-state index < -0.39 is 6.04 Å². The molecule has 0 radical (unpaired) electrons. The molecule has 0 spiro atoms. The van der Waals surface area contributed by atoms with E-state index in [1.165, 1.54) is 0 Å². The summed E-state index contributed by atoms with van der Waals surface area (Å²) in [5.41, 5.74) is 5.18. The van der Waals surface area contributed by atoms with Gasteiger partial charge in [-0.2, -0.15) is 0 Å². The van der Waals surface area contributed by atoms with Crippen molar-refractivity contribution in [3.8, 4) is 0 Å². The summed E-state index contributed by atoms with van der Waals surface area (Å²) in [6.45, 7) is 1.56. The Morgan fingerprint density at radius 3 is 2.31 bits per heavy atom.